The predicted octanol–water partition coefficient (Wildman–Crippen LogP) is 1.23. The number of piperidine rings is 1. The maximum Gasteiger partial charge on any atom is 0.241 e. The van der Waals surface area contributed by atoms with Gasteiger partial charge in [0.2, 0.25) is 15.9 Å². The van der Waals surface area contributed by atoms with Crippen LogP contribution in [0.3, 0.4) is 0 Å². The number of nitrogens with one attached hydrogen (secondary N) is 2. The zero-order valence-electron chi connectivity index (χ0n) is 14.8. The first kappa shape index (κ1) is 19.6. The van der Waals surface area contributed by atoms with Crippen LogP contribution in [-0.4, -0.2) is 56.4 Å². The quantitative estimate of drug-likeness (QED) is 0.738. The molecule has 1 aromatic rings. The third-order valence-corrected chi connectivity index (χ3v) is 5.16. The van der Waals surface area contributed by atoms with Crippen LogP contribution >= 0.6 is 0 Å². The maximum absolute atomic E-state index is 12.4. The van der Waals surface area contributed by atoms with Crippen molar-refractivity contribution in [2.45, 2.75) is 38.8 Å². The predicted molar refractivity (Wildman–Crippen MR) is 97.1 cm³/mol. The molecule has 1 saturated heterocycles. The second-order valence-electron chi connectivity index (χ2n) is 6.50. The highest BCUT2D eigenvalue weighted by Gasteiger charge is 2.27. The molecule has 138 valence electrons. The first-order valence-corrected chi connectivity index (χ1v) is 10.2. The Morgan fingerprint density at radius 1 is 1.16 bits per heavy atom. The van der Waals surface area contributed by atoms with E-state index in [0.29, 0.717) is 37.2 Å². The lowest BCUT2D eigenvalue weighted by Gasteiger charge is -2.35. The summed E-state index contributed by atoms with van der Waals surface area (Å²) in [4.78, 5) is 25.7. The lowest BCUT2D eigenvalue weighted by molar-refractivity contribution is -0.121. The summed E-state index contributed by atoms with van der Waals surface area (Å²) in [5.74, 6) is -0.137. The van der Waals surface area contributed by atoms with Gasteiger partial charge < -0.3 is 5.32 Å². The average Bonchev–Trinajstić information content (AvgIpc) is 2.54. The number of hydrogen-bond donors (Lipinski definition) is 2. The molecule has 1 amide bonds. The van der Waals surface area contributed by atoms with Crippen LogP contribution in [0.2, 0.25) is 0 Å². The summed E-state index contributed by atoms with van der Waals surface area (Å²) in [7, 11) is -3.20. The molecule has 1 atom stereocenters. The highest BCUT2D eigenvalue weighted by atomic mass is 32.2. The summed E-state index contributed by atoms with van der Waals surface area (Å²) >= 11 is 0. The number of nitrogens with zero attached hydrogens (tertiary/aromatic N) is 1. The SMILES string of the molecule is CC(=O)c1ccc(NC(=O)[C@@H](C)N2CCC(NS(C)(=O)=O)CC2)cc1. The first-order chi connectivity index (χ1) is 11.7. The van der Waals surface area contributed by atoms with E-state index in [4.69, 9.17) is 0 Å². The summed E-state index contributed by atoms with van der Waals surface area (Å²) in [5.41, 5.74) is 1.25. The van der Waals surface area contributed by atoms with E-state index in [1.54, 1.807) is 24.3 Å². The van der Waals surface area contributed by atoms with Crippen molar-refractivity contribution in [1.82, 2.24) is 9.62 Å². The third kappa shape index (κ3) is 5.91. The molecule has 1 aliphatic heterocycles. The van der Waals surface area contributed by atoms with Crippen molar-refractivity contribution < 1.29 is 18.0 Å². The number of carbonyl (C=O) groups is 2. The molecule has 8 heteroatoms. The average molecular weight is 367 g/mol. The summed E-state index contributed by atoms with van der Waals surface area (Å²) in [5, 5.41) is 2.85. The number of benzene rings is 1. The van der Waals surface area contributed by atoms with Gasteiger partial charge >= 0.3 is 0 Å². The molecule has 1 aromatic carbocycles. The zero-order valence-corrected chi connectivity index (χ0v) is 15.6. The van der Waals surface area contributed by atoms with Crippen LogP contribution in [0, 0.1) is 0 Å². The second-order valence-corrected chi connectivity index (χ2v) is 8.28. The molecule has 0 bridgehead atoms. The van der Waals surface area contributed by atoms with Crippen molar-refractivity contribution in [2.24, 2.45) is 0 Å². The fourth-order valence-electron chi connectivity index (χ4n) is 2.91. The van der Waals surface area contributed by atoms with Gasteiger partial charge in [0.05, 0.1) is 12.3 Å². The lowest BCUT2D eigenvalue weighted by Crippen LogP contribution is -2.50. The lowest BCUT2D eigenvalue weighted by atomic mass is 10.0. The molecule has 1 aliphatic rings. The van der Waals surface area contributed by atoms with Crippen LogP contribution in [0.5, 0.6) is 0 Å². The molecular weight excluding hydrogens is 342 g/mol. The van der Waals surface area contributed by atoms with Crippen molar-refractivity contribution in [3.05, 3.63) is 29.8 Å². The van der Waals surface area contributed by atoms with Gasteiger partial charge in [-0.2, -0.15) is 0 Å². The van der Waals surface area contributed by atoms with Crippen LogP contribution in [0.15, 0.2) is 24.3 Å². The van der Waals surface area contributed by atoms with Crippen LogP contribution < -0.4 is 10.0 Å². The molecular formula is C17H25N3O4S. The molecule has 2 rings (SSSR count). The smallest absolute Gasteiger partial charge is 0.241 e. The minimum absolute atomic E-state index is 0.0168. The number of anilines is 1. The summed E-state index contributed by atoms with van der Waals surface area (Å²) in [6.07, 6.45) is 2.52. The molecule has 0 aliphatic carbocycles. The van der Waals surface area contributed by atoms with Crippen molar-refractivity contribution in [3.63, 3.8) is 0 Å². The van der Waals surface area contributed by atoms with E-state index in [0.717, 1.165) is 6.26 Å². The Morgan fingerprint density at radius 3 is 2.20 bits per heavy atom. The number of carbonyl (C=O) groups excluding carboxylic acids is 2. The molecule has 1 heterocycles. The largest absolute Gasteiger partial charge is 0.325 e. The van der Waals surface area contributed by atoms with E-state index >= 15 is 0 Å². The van der Waals surface area contributed by atoms with E-state index in [9.17, 15) is 18.0 Å². The molecule has 0 spiro atoms. The normalized spacial score (nSPS) is 17.9. The van der Waals surface area contributed by atoms with Gasteiger partial charge in [-0.1, -0.05) is 0 Å². The van der Waals surface area contributed by atoms with E-state index in [1.165, 1.54) is 6.92 Å². The van der Waals surface area contributed by atoms with Gasteiger partial charge in [0.1, 0.15) is 0 Å². The number of Topliss-reactive ketones (excluding diaryl/α,β-unsaturated/α-hetero) is 1. The van der Waals surface area contributed by atoms with Crippen molar-refractivity contribution in [3.8, 4) is 0 Å². The van der Waals surface area contributed by atoms with Crippen LogP contribution in [0.1, 0.15) is 37.0 Å². The monoisotopic (exact) mass is 367 g/mol. The third-order valence-electron chi connectivity index (χ3n) is 4.40. The van der Waals surface area contributed by atoms with Gasteiger partial charge in [-0.05, 0) is 51.0 Å². The van der Waals surface area contributed by atoms with Gasteiger partial charge in [0, 0.05) is 30.4 Å². The van der Waals surface area contributed by atoms with Gasteiger partial charge in [-0.15, -0.1) is 0 Å². The molecule has 0 aromatic heterocycles. The van der Waals surface area contributed by atoms with Gasteiger partial charge in [-0.25, -0.2) is 13.1 Å². The molecule has 25 heavy (non-hydrogen) atoms. The van der Waals surface area contributed by atoms with Crippen LogP contribution in [-0.2, 0) is 14.8 Å². The van der Waals surface area contributed by atoms with Crippen LogP contribution in [0.25, 0.3) is 0 Å². The Labute approximate surface area is 148 Å². The maximum atomic E-state index is 12.4. The number of ketones is 1. The van der Waals surface area contributed by atoms with Crippen molar-refractivity contribution >= 4 is 27.4 Å². The Hall–Kier alpha value is -1.77. The summed E-state index contributed by atoms with van der Waals surface area (Å²) in [6, 6.07) is 6.41. The van der Waals surface area contributed by atoms with Crippen LogP contribution in [0.4, 0.5) is 5.69 Å². The summed E-state index contributed by atoms with van der Waals surface area (Å²) in [6.45, 7) is 4.65. The minimum atomic E-state index is -3.20. The number of rotatable bonds is 6. The van der Waals surface area contributed by atoms with Gasteiger partial charge in [-0.3, -0.25) is 14.5 Å². The zero-order chi connectivity index (χ0) is 18.6. The highest BCUT2D eigenvalue weighted by Crippen LogP contribution is 2.16. The fourth-order valence-corrected chi connectivity index (χ4v) is 3.75. The Morgan fingerprint density at radius 2 is 1.72 bits per heavy atom. The Kier molecular flexibility index (Phi) is 6.31. The highest BCUT2D eigenvalue weighted by molar-refractivity contribution is 7.88. The molecule has 1 fully saturated rings. The van der Waals surface area contributed by atoms with Crippen molar-refractivity contribution in [1.29, 1.82) is 0 Å². The van der Waals surface area contributed by atoms with E-state index < -0.39 is 10.0 Å². The Bertz CT molecular complexity index is 723. The Balaban J connectivity index is 1.87. The van der Waals surface area contributed by atoms with E-state index in [1.807, 2.05) is 11.8 Å². The number of amides is 1. The minimum Gasteiger partial charge on any atom is -0.325 e. The topological polar surface area (TPSA) is 95.6 Å². The molecule has 7 nitrogen and oxygen atoms in total. The van der Waals surface area contributed by atoms with E-state index in [2.05, 4.69) is 10.0 Å². The second kappa shape index (κ2) is 8.07. The van der Waals surface area contributed by atoms with Crippen molar-refractivity contribution in [2.75, 3.05) is 24.7 Å². The first-order valence-electron chi connectivity index (χ1n) is 8.29. The molecule has 0 radical (unpaired) electrons. The standard InChI is InChI=1S/C17H25N3O4S/c1-12(20-10-8-16(9-11-20)19-25(3,23)24)17(22)18-15-6-4-14(5-7-15)13(2)21/h4-7,12,16,19H,8-11H2,1-3H3,(H,18,22)/t12-/m1/s1. The number of likely N-dealkylation sites (tertiary alicyclic amines) is 1. The number of sulfonamides is 1. The van der Waals surface area contributed by atoms with Gasteiger partial charge in [0.25, 0.3) is 0 Å². The summed E-state index contributed by atoms with van der Waals surface area (Å²) < 4.78 is 25.2. The fraction of sp³-hybridized carbons (Fsp3) is 0.529. The number of hydrogen-bond acceptors (Lipinski definition) is 5. The molecule has 0 unspecified atom stereocenters. The van der Waals surface area contributed by atoms with Gasteiger partial charge in [0.15, 0.2) is 5.78 Å². The molecule has 2 N–H and O–H groups in total. The van der Waals surface area contributed by atoms with E-state index in [-0.39, 0.29) is 23.8 Å². The molecule has 0 saturated carbocycles.